The summed E-state index contributed by atoms with van der Waals surface area (Å²) in [5, 5.41) is 12.1. The number of aromatic nitrogens is 2. The number of ether oxygens (including phenoxy) is 1. The highest BCUT2D eigenvalue weighted by molar-refractivity contribution is 5.97. The van der Waals surface area contributed by atoms with Crippen LogP contribution in [0.3, 0.4) is 0 Å². The summed E-state index contributed by atoms with van der Waals surface area (Å²) in [7, 11) is 1.58. The number of nitrogens with zero attached hydrogens (tertiary/aromatic N) is 7. The van der Waals surface area contributed by atoms with Crippen LogP contribution in [-0.2, 0) is 17.8 Å². The molecule has 0 unspecified atom stereocenters. The number of methoxy groups -OCH3 is 1. The number of anilines is 2. The van der Waals surface area contributed by atoms with Gasteiger partial charge in [0.25, 0.3) is 0 Å². The lowest BCUT2D eigenvalue weighted by Gasteiger charge is -2.42. The van der Waals surface area contributed by atoms with Crippen molar-refractivity contribution in [3.8, 4) is 12.1 Å². The fourth-order valence-corrected chi connectivity index (χ4v) is 6.39. The molecule has 6 rings (SSSR count). The third kappa shape index (κ3) is 5.49. The van der Waals surface area contributed by atoms with E-state index in [1.54, 1.807) is 24.2 Å². The van der Waals surface area contributed by atoms with Gasteiger partial charge in [-0.05, 0) is 30.4 Å². The van der Waals surface area contributed by atoms with Crippen molar-refractivity contribution in [2.45, 2.75) is 38.5 Å². The van der Waals surface area contributed by atoms with Crippen molar-refractivity contribution in [3.05, 3.63) is 65.4 Å². The van der Waals surface area contributed by atoms with Crippen molar-refractivity contribution in [3.63, 3.8) is 0 Å². The van der Waals surface area contributed by atoms with Crippen molar-refractivity contribution in [1.82, 2.24) is 19.8 Å². The Bertz CT molecular complexity index is 1540. The van der Waals surface area contributed by atoms with Gasteiger partial charge < -0.3 is 19.4 Å². The SMILES string of the molecule is COc1nc2c(c(N3CCN(C(=O)/C=C/CN4CC(F)C4)[C@@H](CC#N)C3)n1)CCN(c1cccc3cccc(C)c13)C2. The lowest BCUT2D eigenvalue weighted by atomic mass is 9.99. The Morgan fingerprint density at radius 3 is 2.69 bits per heavy atom. The van der Waals surface area contributed by atoms with Gasteiger partial charge in [-0.2, -0.15) is 15.2 Å². The molecule has 9 nitrogen and oxygen atoms in total. The average Bonchev–Trinajstić information content (AvgIpc) is 2.99. The number of nitriles is 1. The minimum atomic E-state index is -0.765. The van der Waals surface area contributed by atoms with Crippen LogP contribution in [0.25, 0.3) is 10.8 Å². The van der Waals surface area contributed by atoms with Crippen molar-refractivity contribution in [2.75, 3.05) is 62.7 Å². The van der Waals surface area contributed by atoms with Gasteiger partial charge in [-0.15, -0.1) is 0 Å². The quantitative estimate of drug-likeness (QED) is 0.399. The molecule has 3 aliphatic heterocycles. The summed E-state index contributed by atoms with van der Waals surface area (Å²) in [6, 6.07) is 15.1. The number of carbonyl (C=O) groups is 1. The van der Waals surface area contributed by atoms with E-state index in [1.165, 1.54) is 22.0 Å². The summed E-state index contributed by atoms with van der Waals surface area (Å²) >= 11 is 0. The number of aryl methyl sites for hydroxylation is 1. The molecule has 4 heterocycles. The molecular formula is C32H36FN7O2. The summed E-state index contributed by atoms with van der Waals surface area (Å²) in [4.78, 5) is 30.9. The molecule has 2 saturated heterocycles. The predicted molar refractivity (Wildman–Crippen MR) is 160 cm³/mol. The van der Waals surface area contributed by atoms with E-state index < -0.39 is 6.17 Å². The number of carbonyl (C=O) groups excluding carboxylic acids is 1. The highest BCUT2D eigenvalue weighted by Crippen LogP contribution is 2.35. The predicted octanol–water partition coefficient (Wildman–Crippen LogP) is 3.65. The molecule has 0 saturated carbocycles. The van der Waals surface area contributed by atoms with Crippen LogP contribution in [0.4, 0.5) is 15.9 Å². The largest absolute Gasteiger partial charge is 0.467 e. The maximum atomic E-state index is 13.1. The fraction of sp³-hybridized carbons (Fsp3) is 0.438. The number of piperazine rings is 1. The van der Waals surface area contributed by atoms with E-state index in [0.717, 1.165) is 30.0 Å². The molecule has 1 atom stereocenters. The molecule has 0 spiro atoms. The van der Waals surface area contributed by atoms with E-state index in [4.69, 9.17) is 14.7 Å². The maximum Gasteiger partial charge on any atom is 0.318 e. The highest BCUT2D eigenvalue weighted by atomic mass is 19.1. The highest BCUT2D eigenvalue weighted by Gasteiger charge is 2.33. The first-order valence-electron chi connectivity index (χ1n) is 14.6. The monoisotopic (exact) mass is 569 g/mol. The topological polar surface area (TPSA) is 88.8 Å². The first-order valence-corrected chi connectivity index (χ1v) is 14.6. The van der Waals surface area contributed by atoms with Crippen LogP contribution < -0.4 is 14.5 Å². The number of benzene rings is 2. The summed E-state index contributed by atoms with van der Waals surface area (Å²) in [5.41, 5.74) is 4.48. The summed E-state index contributed by atoms with van der Waals surface area (Å²) in [6.45, 7) is 6.58. The average molecular weight is 570 g/mol. The standard InChI is InChI=1S/C32H36FN7O2/c1-22-6-3-7-23-8-4-9-28(30(22)23)38-15-12-26-27(21-38)35-32(42-2)36-31(26)39-16-17-40(25(20-39)11-13-34)29(41)10-5-14-37-18-24(33)19-37/h3-10,24-25H,11-12,14-21H2,1-2H3/b10-5+/t25-/m0/s1. The first-order chi connectivity index (χ1) is 20.4. The smallest absolute Gasteiger partial charge is 0.318 e. The molecule has 2 aromatic carbocycles. The van der Waals surface area contributed by atoms with Gasteiger partial charge in [-0.3, -0.25) is 9.69 Å². The number of hydrogen-bond acceptors (Lipinski definition) is 8. The Kier molecular flexibility index (Phi) is 7.94. The molecule has 3 aromatic rings. The number of amides is 1. The van der Waals surface area contributed by atoms with Gasteiger partial charge in [0.15, 0.2) is 0 Å². The molecule has 42 heavy (non-hydrogen) atoms. The van der Waals surface area contributed by atoms with E-state index in [2.05, 4.69) is 59.2 Å². The summed E-state index contributed by atoms with van der Waals surface area (Å²) < 4.78 is 18.6. The third-order valence-electron chi connectivity index (χ3n) is 8.57. The number of likely N-dealkylation sites (tertiary alicyclic amines) is 1. The minimum absolute atomic E-state index is 0.115. The van der Waals surface area contributed by atoms with Crippen LogP contribution in [0.15, 0.2) is 48.6 Å². The van der Waals surface area contributed by atoms with Crippen molar-refractivity contribution < 1.29 is 13.9 Å². The fourth-order valence-electron chi connectivity index (χ4n) is 6.39. The minimum Gasteiger partial charge on any atom is -0.467 e. The molecule has 3 aliphatic rings. The lowest BCUT2D eigenvalue weighted by Crippen LogP contribution is -2.55. The number of halogens is 1. The first kappa shape index (κ1) is 27.9. The van der Waals surface area contributed by atoms with Gasteiger partial charge in [0.1, 0.15) is 12.0 Å². The molecule has 10 heteroatoms. The Labute approximate surface area is 245 Å². The van der Waals surface area contributed by atoms with Gasteiger partial charge in [-0.25, -0.2) is 4.39 Å². The van der Waals surface area contributed by atoms with Gasteiger partial charge >= 0.3 is 6.01 Å². The lowest BCUT2D eigenvalue weighted by molar-refractivity contribution is -0.128. The molecule has 218 valence electrons. The normalized spacial score (nSPS) is 19.6. The zero-order chi connectivity index (χ0) is 29.2. The van der Waals surface area contributed by atoms with Gasteiger partial charge in [0.05, 0.1) is 37.9 Å². The molecule has 0 aliphatic carbocycles. The second kappa shape index (κ2) is 11.9. The van der Waals surface area contributed by atoms with Crippen LogP contribution in [0.1, 0.15) is 23.2 Å². The Hall–Kier alpha value is -4.23. The number of hydrogen-bond donors (Lipinski definition) is 0. The third-order valence-corrected chi connectivity index (χ3v) is 8.57. The van der Waals surface area contributed by atoms with Crippen molar-refractivity contribution in [2.24, 2.45) is 0 Å². The van der Waals surface area contributed by atoms with Crippen LogP contribution in [-0.4, -0.2) is 90.8 Å². The van der Waals surface area contributed by atoms with Crippen LogP contribution in [0, 0.1) is 18.3 Å². The van der Waals surface area contributed by atoms with E-state index in [0.29, 0.717) is 51.8 Å². The molecular weight excluding hydrogens is 533 g/mol. The van der Waals surface area contributed by atoms with Gasteiger partial charge in [0, 0.05) is 68.5 Å². The molecule has 0 radical (unpaired) electrons. The number of alkyl halides is 1. The molecule has 0 N–H and O–H groups in total. The zero-order valence-corrected chi connectivity index (χ0v) is 24.2. The van der Waals surface area contributed by atoms with Crippen molar-refractivity contribution >= 4 is 28.2 Å². The summed E-state index contributed by atoms with van der Waals surface area (Å²) in [6.07, 6.45) is 3.59. The zero-order valence-electron chi connectivity index (χ0n) is 24.2. The molecule has 1 aromatic heterocycles. The second-order valence-corrected chi connectivity index (χ2v) is 11.3. The van der Waals surface area contributed by atoms with Crippen molar-refractivity contribution in [1.29, 1.82) is 5.26 Å². The van der Waals surface area contributed by atoms with Crippen LogP contribution in [0.5, 0.6) is 6.01 Å². The molecule has 1 amide bonds. The van der Waals surface area contributed by atoms with E-state index in [9.17, 15) is 14.4 Å². The van der Waals surface area contributed by atoms with Gasteiger partial charge in [0.2, 0.25) is 5.91 Å². The second-order valence-electron chi connectivity index (χ2n) is 11.3. The molecule has 0 bridgehead atoms. The van der Waals surface area contributed by atoms with Gasteiger partial charge in [-0.1, -0.05) is 36.4 Å². The number of rotatable bonds is 7. The molecule has 2 fully saturated rings. The van der Waals surface area contributed by atoms with E-state index in [-0.39, 0.29) is 18.4 Å². The Balaban J connectivity index is 1.22. The van der Waals surface area contributed by atoms with E-state index in [1.807, 2.05) is 4.90 Å². The number of fused-ring (bicyclic) bond motifs is 2. The van der Waals surface area contributed by atoms with Crippen LogP contribution >= 0.6 is 0 Å². The maximum absolute atomic E-state index is 13.1. The van der Waals surface area contributed by atoms with E-state index >= 15 is 0 Å². The van der Waals surface area contributed by atoms with Crippen LogP contribution in [0.2, 0.25) is 0 Å². The Morgan fingerprint density at radius 1 is 1.12 bits per heavy atom. The Morgan fingerprint density at radius 2 is 1.93 bits per heavy atom. The summed E-state index contributed by atoms with van der Waals surface area (Å²) in [5.74, 6) is 0.713.